The van der Waals surface area contributed by atoms with Crippen LogP contribution in [0.5, 0.6) is 0 Å². The van der Waals surface area contributed by atoms with E-state index in [1.807, 2.05) is 18.4 Å². The topological polar surface area (TPSA) is 76.9 Å². The van der Waals surface area contributed by atoms with Gasteiger partial charge in [0.1, 0.15) is 5.82 Å². The van der Waals surface area contributed by atoms with E-state index in [4.69, 9.17) is 11.6 Å². The lowest BCUT2D eigenvalue weighted by molar-refractivity contribution is 0.574. The van der Waals surface area contributed by atoms with Gasteiger partial charge in [-0.25, -0.2) is 13.1 Å². The molecule has 0 radical (unpaired) electrons. The largest absolute Gasteiger partial charge is 0.301 e. The third-order valence-corrected chi connectivity index (χ3v) is 5.92. The first-order chi connectivity index (χ1) is 12.3. The zero-order valence-electron chi connectivity index (χ0n) is 14.6. The van der Waals surface area contributed by atoms with Crippen molar-refractivity contribution in [2.75, 3.05) is 5.75 Å². The zero-order valence-corrected chi connectivity index (χ0v) is 17.0. The summed E-state index contributed by atoms with van der Waals surface area (Å²) >= 11 is 7.34. The van der Waals surface area contributed by atoms with Crippen molar-refractivity contribution in [2.24, 2.45) is 0 Å². The van der Waals surface area contributed by atoms with Crippen LogP contribution in [0.25, 0.3) is 0 Å². The maximum absolute atomic E-state index is 12.4. The Kier molecular flexibility index (Phi) is 7.45. The standard InChI is InChI=1S/C17H21ClN4O2S2/c1-4-10-22-16(20-21-17(22)25-11-9-13(2)3)12-19-26(23,24)15-7-5-14(18)6-8-15/h4-9,19H,1,10-12H2,2-3H3. The van der Waals surface area contributed by atoms with E-state index in [0.29, 0.717) is 17.4 Å². The number of sulfonamides is 1. The number of hydrogen-bond donors (Lipinski definition) is 1. The maximum Gasteiger partial charge on any atom is 0.240 e. The van der Waals surface area contributed by atoms with E-state index in [1.54, 1.807) is 17.8 Å². The summed E-state index contributed by atoms with van der Waals surface area (Å²) in [6.45, 7) is 8.35. The first-order valence-electron chi connectivity index (χ1n) is 7.88. The zero-order chi connectivity index (χ0) is 19.2. The van der Waals surface area contributed by atoms with Crippen LogP contribution in [-0.2, 0) is 23.1 Å². The van der Waals surface area contributed by atoms with Gasteiger partial charge < -0.3 is 4.57 Å². The van der Waals surface area contributed by atoms with Crippen LogP contribution in [0.4, 0.5) is 0 Å². The third kappa shape index (κ3) is 5.70. The Hall–Kier alpha value is -1.61. The Bertz CT molecular complexity index is 886. The van der Waals surface area contributed by atoms with E-state index in [9.17, 15) is 8.42 Å². The molecule has 0 saturated carbocycles. The molecule has 1 aromatic carbocycles. The number of aromatic nitrogens is 3. The van der Waals surface area contributed by atoms with Crippen LogP contribution in [0.2, 0.25) is 5.02 Å². The quantitative estimate of drug-likeness (QED) is 0.502. The Labute approximate surface area is 163 Å². The summed E-state index contributed by atoms with van der Waals surface area (Å²) in [5.74, 6) is 1.30. The van der Waals surface area contributed by atoms with Crippen molar-refractivity contribution in [3.63, 3.8) is 0 Å². The smallest absolute Gasteiger partial charge is 0.240 e. The second-order valence-corrected chi connectivity index (χ2v) is 8.86. The fourth-order valence-electron chi connectivity index (χ4n) is 2.01. The number of allylic oxidation sites excluding steroid dienone is 2. The average molecular weight is 413 g/mol. The van der Waals surface area contributed by atoms with E-state index in [0.717, 1.165) is 10.9 Å². The Morgan fingerprint density at radius 3 is 2.62 bits per heavy atom. The molecule has 1 heterocycles. The molecule has 9 heteroatoms. The minimum atomic E-state index is -3.66. The molecule has 0 bridgehead atoms. The molecule has 26 heavy (non-hydrogen) atoms. The first-order valence-corrected chi connectivity index (χ1v) is 10.7. The summed E-state index contributed by atoms with van der Waals surface area (Å²) in [5.41, 5.74) is 1.23. The predicted molar refractivity (Wildman–Crippen MR) is 106 cm³/mol. The van der Waals surface area contributed by atoms with E-state index < -0.39 is 10.0 Å². The van der Waals surface area contributed by atoms with Crippen molar-refractivity contribution in [3.05, 3.63) is 59.4 Å². The molecule has 2 rings (SSSR count). The molecule has 0 aliphatic rings. The van der Waals surface area contributed by atoms with E-state index in [2.05, 4.69) is 27.6 Å². The molecule has 0 saturated heterocycles. The maximum atomic E-state index is 12.4. The fourth-order valence-corrected chi connectivity index (χ4v) is 4.11. The second-order valence-electron chi connectivity index (χ2n) is 5.67. The van der Waals surface area contributed by atoms with Gasteiger partial charge in [0, 0.05) is 17.3 Å². The first kappa shape index (κ1) is 20.7. The molecule has 0 amide bonds. The van der Waals surface area contributed by atoms with Crippen LogP contribution >= 0.6 is 23.4 Å². The fraction of sp³-hybridized carbons (Fsp3) is 0.294. The van der Waals surface area contributed by atoms with E-state index in [-0.39, 0.29) is 11.4 Å². The van der Waals surface area contributed by atoms with E-state index >= 15 is 0 Å². The number of halogens is 1. The van der Waals surface area contributed by atoms with Crippen LogP contribution in [0, 0.1) is 0 Å². The van der Waals surface area contributed by atoms with Crippen molar-refractivity contribution in [3.8, 4) is 0 Å². The molecule has 0 spiro atoms. The summed E-state index contributed by atoms with van der Waals surface area (Å²) in [4.78, 5) is 0.148. The van der Waals surface area contributed by atoms with Gasteiger partial charge in [-0.15, -0.1) is 16.8 Å². The number of nitrogens with one attached hydrogen (secondary N) is 1. The summed E-state index contributed by atoms with van der Waals surface area (Å²) in [6.07, 6.45) is 3.83. The average Bonchev–Trinajstić information content (AvgIpc) is 2.96. The van der Waals surface area contributed by atoms with Crippen molar-refractivity contribution < 1.29 is 8.42 Å². The lowest BCUT2D eigenvalue weighted by Crippen LogP contribution is -2.25. The summed E-state index contributed by atoms with van der Waals surface area (Å²) < 4.78 is 29.2. The third-order valence-electron chi connectivity index (χ3n) is 3.35. The molecular formula is C17H21ClN4O2S2. The molecule has 0 aliphatic carbocycles. The molecule has 140 valence electrons. The number of thioether (sulfide) groups is 1. The Morgan fingerprint density at radius 2 is 2.00 bits per heavy atom. The van der Waals surface area contributed by atoms with Crippen LogP contribution < -0.4 is 4.72 Å². The Morgan fingerprint density at radius 1 is 1.31 bits per heavy atom. The molecular weight excluding hydrogens is 392 g/mol. The van der Waals surface area contributed by atoms with Crippen molar-refractivity contribution in [1.82, 2.24) is 19.5 Å². The predicted octanol–water partition coefficient (Wildman–Crippen LogP) is 3.65. The summed E-state index contributed by atoms with van der Waals surface area (Å²) in [6, 6.07) is 5.99. The molecule has 1 aromatic heterocycles. The van der Waals surface area contributed by atoms with Crippen LogP contribution in [0.3, 0.4) is 0 Å². The summed E-state index contributed by atoms with van der Waals surface area (Å²) in [7, 11) is -3.66. The van der Waals surface area contributed by atoms with Crippen molar-refractivity contribution in [2.45, 2.75) is 37.0 Å². The minimum absolute atomic E-state index is 0.0367. The summed E-state index contributed by atoms with van der Waals surface area (Å²) in [5, 5.41) is 9.49. The van der Waals surface area contributed by atoms with Gasteiger partial charge in [-0.3, -0.25) is 0 Å². The molecule has 0 atom stereocenters. The highest BCUT2D eigenvalue weighted by atomic mass is 35.5. The highest BCUT2D eigenvalue weighted by Gasteiger charge is 2.17. The molecule has 0 aliphatic heterocycles. The molecule has 6 nitrogen and oxygen atoms in total. The Balaban J connectivity index is 2.13. The monoisotopic (exact) mass is 412 g/mol. The van der Waals surface area contributed by atoms with Gasteiger partial charge in [0.05, 0.1) is 11.4 Å². The van der Waals surface area contributed by atoms with Gasteiger partial charge in [0.25, 0.3) is 0 Å². The van der Waals surface area contributed by atoms with Crippen LogP contribution in [-0.4, -0.2) is 28.9 Å². The van der Waals surface area contributed by atoms with Gasteiger partial charge in [-0.1, -0.05) is 41.1 Å². The SMILES string of the molecule is C=CCn1c(CNS(=O)(=O)c2ccc(Cl)cc2)nnc1SCC=C(C)C. The van der Waals surface area contributed by atoms with Crippen molar-refractivity contribution >= 4 is 33.4 Å². The molecule has 0 fully saturated rings. The number of benzene rings is 1. The lowest BCUT2D eigenvalue weighted by Gasteiger charge is -2.09. The van der Waals surface area contributed by atoms with Gasteiger partial charge in [0.15, 0.2) is 5.16 Å². The molecule has 2 aromatic rings. The van der Waals surface area contributed by atoms with E-state index in [1.165, 1.54) is 29.8 Å². The lowest BCUT2D eigenvalue weighted by atomic mass is 10.3. The van der Waals surface area contributed by atoms with Gasteiger partial charge >= 0.3 is 0 Å². The number of nitrogens with zero attached hydrogens (tertiary/aromatic N) is 3. The molecule has 0 unspecified atom stereocenters. The van der Waals surface area contributed by atoms with Gasteiger partial charge in [0.2, 0.25) is 10.0 Å². The van der Waals surface area contributed by atoms with Crippen LogP contribution in [0.15, 0.2) is 58.6 Å². The normalized spacial score (nSPS) is 11.3. The van der Waals surface area contributed by atoms with Crippen molar-refractivity contribution in [1.29, 1.82) is 0 Å². The molecule has 1 N–H and O–H groups in total. The van der Waals surface area contributed by atoms with Gasteiger partial charge in [-0.2, -0.15) is 0 Å². The van der Waals surface area contributed by atoms with Crippen LogP contribution in [0.1, 0.15) is 19.7 Å². The second kappa shape index (κ2) is 9.36. The van der Waals surface area contributed by atoms with Gasteiger partial charge in [-0.05, 0) is 38.1 Å². The minimum Gasteiger partial charge on any atom is -0.301 e. The highest BCUT2D eigenvalue weighted by molar-refractivity contribution is 7.99. The highest BCUT2D eigenvalue weighted by Crippen LogP contribution is 2.19. The number of hydrogen-bond acceptors (Lipinski definition) is 5. The number of rotatable bonds is 9.